The van der Waals surface area contributed by atoms with E-state index in [1.165, 1.54) is 0 Å². The Morgan fingerprint density at radius 2 is 1.84 bits per heavy atom. The van der Waals surface area contributed by atoms with Crippen molar-refractivity contribution in [2.75, 3.05) is 0 Å². The van der Waals surface area contributed by atoms with Crippen LogP contribution in [0.25, 0.3) is 0 Å². The van der Waals surface area contributed by atoms with Crippen molar-refractivity contribution in [3.8, 4) is 5.75 Å². The van der Waals surface area contributed by atoms with E-state index in [1.807, 2.05) is 54.6 Å². The number of allylic oxidation sites excluding steroid dienone is 4. The van der Waals surface area contributed by atoms with Crippen LogP contribution in [0.5, 0.6) is 5.75 Å². The fraction of sp³-hybridized carbons (Fsp3) is 0.296. The summed E-state index contributed by atoms with van der Waals surface area (Å²) in [6.45, 7) is 0.293. The summed E-state index contributed by atoms with van der Waals surface area (Å²) in [5.74, 6) is -0.958. The molecular weight excluding hydrogens is 402 g/mol. The lowest BCUT2D eigenvalue weighted by molar-refractivity contribution is -0.152. The van der Waals surface area contributed by atoms with Crippen LogP contribution in [-0.4, -0.2) is 17.7 Å². The third-order valence-corrected chi connectivity index (χ3v) is 7.78. The largest absolute Gasteiger partial charge is 0.425 e. The van der Waals surface area contributed by atoms with Crippen LogP contribution in [0.2, 0.25) is 0 Å². The quantitative estimate of drug-likeness (QED) is 0.461. The minimum Gasteiger partial charge on any atom is -0.425 e. The molecule has 4 aliphatic rings. The van der Waals surface area contributed by atoms with Crippen molar-refractivity contribution >= 4 is 17.7 Å². The van der Waals surface area contributed by atoms with E-state index in [4.69, 9.17) is 4.74 Å². The molecule has 2 aromatic carbocycles. The Labute approximate surface area is 186 Å². The first-order chi connectivity index (χ1) is 15.6. The summed E-state index contributed by atoms with van der Waals surface area (Å²) in [7, 11) is 0. The van der Waals surface area contributed by atoms with E-state index in [0.29, 0.717) is 18.7 Å². The summed E-state index contributed by atoms with van der Waals surface area (Å²) in [4.78, 5) is 41.2. The van der Waals surface area contributed by atoms with E-state index in [-0.39, 0.29) is 11.7 Å². The van der Waals surface area contributed by atoms with Crippen LogP contribution in [0.15, 0.2) is 78.4 Å². The number of ketones is 1. The van der Waals surface area contributed by atoms with Gasteiger partial charge in [0.1, 0.15) is 5.75 Å². The molecule has 5 nitrogen and oxygen atoms in total. The second-order valence-corrected chi connectivity index (χ2v) is 9.16. The number of amides is 1. The van der Waals surface area contributed by atoms with Gasteiger partial charge in [-0.25, -0.2) is 0 Å². The maximum absolute atomic E-state index is 14.0. The van der Waals surface area contributed by atoms with E-state index in [9.17, 15) is 14.4 Å². The number of Topliss-reactive ketones (excluding diaryl/α,β-unsaturated/α-hetero) is 1. The summed E-state index contributed by atoms with van der Waals surface area (Å²) in [5.41, 5.74) is -0.136. The second kappa shape index (κ2) is 6.76. The van der Waals surface area contributed by atoms with Gasteiger partial charge in [-0.2, -0.15) is 0 Å². The molecule has 1 amide bonds. The van der Waals surface area contributed by atoms with Crippen LogP contribution in [0.4, 0.5) is 0 Å². The van der Waals surface area contributed by atoms with Crippen molar-refractivity contribution in [1.29, 1.82) is 0 Å². The second-order valence-electron chi connectivity index (χ2n) is 9.16. The number of carbonyl (C=O) groups is 3. The van der Waals surface area contributed by atoms with Crippen LogP contribution < -0.4 is 10.1 Å². The van der Waals surface area contributed by atoms with Gasteiger partial charge in [0.2, 0.25) is 5.91 Å². The predicted octanol–water partition coefficient (Wildman–Crippen LogP) is 3.86. The van der Waals surface area contributed by atoms with Crippen molar-refractivity contribution < 1.29 is 19.1 Å². The SMILES string of the molecule is O=C1C2=CC=CCC2CCC12C1c3ccccc3OC(=O)C12C(=O)NCc1ccccc1. The first kappa shape index (κ1) is 19.2. The zero-order valence-corrected chi connectivity index (χ0v) is 17.5. The molecule has 2 fully saturated rings. The molecule has 0 bridgehead atoms. The number of ether oxygens (including phenoxy) is 1. The lowest BCUT2D eigenvalue weighted by Crippen LogP contribution is -2.47. The van der Waals surface area contributed by atoms with Crippen LogP contribution >= 0.6 is 0 Å². The molecule has 32 heavy (non-hydrogen) atoms. The lowest BCUT2D eigenvalue weighted by atomic mass is 9.68. The Balaban J connectivity index is 1.45. The number of nitrogens with one attached hydrogen (secondary N) is 1. The monoisotopic (exact) mass is 425 g/mol. The van der Waals surface area contributed by atoms with Crippen molar-refractivity contribution in [2.45, 2.75) is 31.7 Å². The van der Waals surface area contributed by atoms with Gasteiger partial charge in [0.15, 0.2) is 11.2 Å². The topological polar surface area (TPSA) is 72.5 Å². The highest BCUT2D eigenvalue weighted by Gasteiger charge is 2.90. The standard InChI is InChI=1S/C27H23NO4/c29-23-19-11-5-4-10-18(19)14-15-26(23)22-20-12-6-7-13-21(20)32-25(31)27(22,26)24(30)28-16-17-8-2-1-3-9-17/h1-9,11-13,18,22H,10,14-16H2,(H,28,30). The van der Waals surface area contributed by atoms with Gasteiger partial charge in [0.25, 0.3) is 0 Å². The summed E-state index contributed by atoms with van der Waals surface area (Å²) in [6.07, 6.45) is 7.96. The van der Waals surface area contributed by atoms with Crippen molar-refractivity contribution in [1.82, 2.24) is 5.32 Å². The molecule has 1 N–H and O–H groups in total. The normalized spacial score (nSPS) is 31.7. The fourth-order valence-corrected chi connectivity index (χ4v) is 6.31. The van der Waals surface area contributed by atoms with Crippen molar-refractivity contribution in [2.24, 2.45) is 16.7 Å². The molecule has 1 spiro atoms. The maximum atomic E-state index is 14.0. The highest BCUT2D eigenvalue weighted by Crippen LogP contribution is 2.81. The highest BCUT2D eigenvalue weighted by molar-refractivity contribution is 6.21. The molecule has 1 aliphatic heterocycles. The molecule has 2 saturated carbocycles. The molecule has 160 valence electrons. The number of esters is 1. The molecule has 5 heteroatoms. The number of rotatable bonds is 3. The highest BCUT2D eigenvalue weighted by atomic mass is 16.5. The van der Waals surface area contributed by atoms with E-state index < -0.39 is 28.6 Å². The molecule has 3 aliphatic carbocycles. The smallest absolute Gasteiger partial charge is 0.328 e. The third kappa shape index (κ3) is 2.31. The van der Waals surface area contributed by atoms with Crippen molar-refractivity contribution in [3.63, 3.8) is 0 Å². The molecule has 2 aromatic rings. The zero-order chi connectivity index (χ0) is 21.9. The summed E-state index contributed by atoms with van der Waals surface area (Å²) < 4.78 is 5.69. The predicted molar refractivity (Wildman–Crippen MR) is 118 cm³/mol. The van der Waals surface area contributed by atoms with Gasteiger partial charge >= 0.3 is 5.97 Å². The van der Waals surface area contributed by atoms with E-state index in [0.717, 1.165) is 29.5 Å². The van der Waals surface area contributed by atoms with Gasteiger partial charge < -0.3 is 10.1 Å². The van der Waals surface area contributed by atoms with Gasteiger partial charge in [0, 0.05) is 18.0 Å². The summed E-state index contributed by atoms with van der Waals surface area (Å²) in [6, 6.07) is 16.9. The molecule has 4 atom stereocenters. The van der Waals surface area contributed by atoms with Gasteiger partial charge in [-0.3, -0.25) is 14.4 Å². The minimum atomic E-state index is -1.51. The molecule has 6 rings (SSSR count). The lowest BCUT2D eigenvalue weighted by Gasteiger charge is -2.33. The summed E-state index contributed by atoms with van der Waals surface area (Å²) in [5, 5.41) is 2.95. The number of para-hydroxylation sites is 1. The van der Waals surface area contributed by atoms with Crippen molar-refractivity contribution in [3.05, 3.63) is 89.5 Å². The maximum Gasteiger partial charge on any atom is 0.328 e. The zero-order valence-electron chi connectivity index (χ0n) is 17.5. The van der Waals surface area contributed by atoms with Crippen LogP contribution in [0.1, 0.15) is 36.3 Å². The minimum absolute atomic E-state index is 0.0633. The third-order valence-electron chi connectivity index (χ3n) is 7.78. The van der Waals surface area contributed by atoms with Crippen LogP contribution in [0, 0.1) is 16.7 Å². The number of hydrogen-bond acceptors (Lipinski definition) is 4. The van der Waals surface area contributed by atoms with Crippen LogP contribution in [0.3, 0.4) is 0 Å². The van der Waals surface area contributed by atoms with Crippen LogP contribution in [-0.2, 0) is 20.9 Å². The van der Waals surface area contributed by atoms with Gasteiger partial charge in [-0.05, 0) is 42.4 Å². The van der Waals surface area contributed by atoms with Gasteiger partial charge in [-0.1, -0.05) is 66.8 Å². The summed E-state index contributed by atoms with van der Waals surface area (Å²) >= 11 is 0. The Bertz CT molecular complexity index is 1210. The molecule has 0 aromatic heterocycles. The van der Waals surface area contributed by atoms with E-state index >= 15 is 0 Å². The average molecular weight is 425 g/mol. The number of hydrogen-bond donors (Lipinski definition) is 1. The van der Waals surface area contributed by atoms with E-state index in [2.05, 4.69) is 11.4 Å². The molecule has 4 unspecified atom stereocenters. The Morgan fingerprint density at radius 1 is 1.06 bits per heavy atom. The van der Waals surface area contributed by atoms with Gasteiger partial charge in [-0.15, -0.1) is 0 Å². The number of benzene rings is 2. The first-order valence-electron chi connectivity index (χ1n) is 11.2. The van der Waals surface area contributed by atoms with E-state index in [1.54, 1.807) is 12.1 Å². The molecular formula is C27H23NO4. The molecule has 0 saturated heterocycles. The number of fused-ring (bicyclic) bond motifs is 6. The van der Waals surface area contributed by atoms with Gasteiger partial charge in [0.05, 0.1) is 5.41 Å². The molecule has 1 heterocycles. The Kier molecular flexibility index (Phi) is 4.06. The Hall–Kier alpha value is -3.47. The fourth-order valence-electron chi connectivity index (χ4n) is 6.31. The molecule has 0 radical (unpaired) electrons. The average Bonchev–Trinajstić information content (AvgIpc) is 3.47. The first-order valence-corrected chi connectivity index (χ1v) is 11.2. The number of carbonyl (C=O) groups excluding carboxylic acids is 3. The Morgan fingerprint density at radius 3 is 2.69 bits per heavy atom.